The molecule has 1 saturated heterocycles. The van der Waals surface area contributed by atoms with Gasteiger partial charge < -0.3 is 21.1 Å². The number of carbonyl (C=O) groups is 1. The van der Waals surface area contributed by atoms with Gasteiger partial charge in [-0.1, -0.05) is 18.2 Å². The lowest BCUT2D eigenvalue weighted by atomic mass is 10.0. The maximum absolute atomic E-state index is 11.6. The summed E-state index contributed by atoms with van der Waals surface area (Å²) in [6.07, 6.45) is 4.82. The van der Waals surface area contributed by atoms with E-state index in [1.165, 1.54) is 19.2 Å². The quantitative estimate of drug-likeness (QED) is 0.529. The molecule has 1 aromatic heterocycles. The predicted octanol–water partition coefficient (Wildman–Crippen LogP) is 3.55. The van der Waals surface area contributed by atoms with Gasteiger partial charge in [0.05, 0.1) is 17.1 Å². The molecule has 0 bridgehead atoms. The minimum Gasteiger partial charge on any atom is -0.478 e. The first kappa shape index (κ1) is 19.1. The molecule has 3 aromatic rings. The number of carboxylic acid groups (broad SMARTS) is 1. The topological polar surface area (TPSA) is 104 Å². The van der Waals surface area contributed by atoms with Gasteiger partial charge in [0.2, 0.25) is 0 Å². The van der Waals surface area contributed by atoms with Crippen LogP contribution in [0, 0.1) is 0 Å². The van der Waals surface area contributed by atoms with E-state index >= 15 is 0 Å². The fourth-order valence-electron chi connectivity index (χ4n) is 3.96. The molecule has 4 rings (SSSR count). The van der Waals surface area contributed by atoms with Crippen molar-refractivity contribution >= 4 is 28.4 Å². The standard InChI is InChI=1S/C22H25N5O2/c23-16-6-3-5-15(13-16)19(9-12-27-10-1-2-11-27)26-21-17-7-4-8-18(22(28)29)20(17)24-14-25-21/h3-8,13-14,19H,1-2,9-12,23H2,(H,28,29)(H,24,25,26). The summed E-state index contributed by atoms with van der Waals surface area (Å²) >= 11 is 0. The van der Waals surface area contributed by atoms with Crippen LogP contribution >= 0.6 is 0 Å². The molecule has 7 nitrogen and oxygen atoms in total. The number of hydrogen-bond acceptors (Lipinski definition) is 6. The first-order chi connectivity index (χ1) is 14.1. The lowest BCUT2D eigenvalue weighted by molar-refractivity contribution is 0.0699. The molecule has 1 fully saturated rings. The van der Waals surface area contributed by atoms with Gasteiger partial charge in [0, 0.05) is 17.6 Å². The number of nitrogens with two attached hydrogens (primary N) is 1. The number of nitrogens with zero attached hydrogens (tertiary/aromatic N) is 3. The van der Waals surface area contributed by atoms with Crippen LogP contribution in [0.5, 0.6) is 0 Å². The largest absolute Gasteiger partial charge is 0.478 e. The van der Waals surface area contributed by atoms with Crippen molar-refractivity contribution in [1.82, 2.24) is 14.9 Å². The summed E-state index contributed by atoms with van der Waals surface area (Å²) in [7, 11) is 0. The Labute approximate surface area is 169 Å². The number of aromatic carboxylic acids is 1. The summed E-state index contributed by atoms with van der Waals surface area (Å²) in [5, 5.41) is 13.7. The van der Waals surface area contributed by atoms with Crippen molar-refractivity contribution in [1.29, 1.82) is 0 Å². The molecule has 0 radical (unpaired) electrons. The van der Waals surface area contributed by atoms with Crippen molar-refractivity contribution in [3.05, 3.63) is 59.9 Å². The zero-order valence-electron chi connectivity index (χ0n) is 16.2. The SMILES string of the molecule is Nc1cccc(C(CCN2CCCC2)Nc2ncnc3c(C(=O)O)cccc23)c1. The zero-order chi connectivity index (χ0) is 20.2. The van der Waals surface area contributed by atoms with E-state index in [0.717, 1.165) is 37.3 Å². The monoisotopic (exact) mass is 391 g/mol. The van der Waals surface area contributed by atoms with Crippen molar-refractivity contribution in [3.8, 4) is 0 Å². The van der Waals surface area contributed by atoms with Crippen LogP contribution < -0.4 is 11.1 Å². The first-order valence-electron chi connectivity index (χ1n) is 9.93. The van der Waals surface area contributed by atoms with E-state index in [2.05, 4.69) is 26.3 Å². The number of para-hydroxylation sites is 1. The highest BCUT2D eigenvalue weighted by molar-refractivity contribution is 6.04. The van der Waals surface area contributed by atoms with E-state index in [-0.39, 0.29) is 11.6 Å². The molecule has 1 atom stereocenters. The molecule has 1 aliphatic rings. The van der Waals surface area contributed by atoms with Crippen molar-refractivity contribution in [2.75, 3.05) is 30.7 Å². The van der Waals surface area contributed by atoms with Crippen LogP contribution in [0.25, 0.3) is 10.9 Å². The molecule has 7 heteroatoms. The minimum atomic E-state index is -0.998. The van der Waals surface area contributed by atoms with E-state index < -0.39 is 5.97 Å². The Kier molecular flexibility index (Phi) is 5.57. The molecule has 29 heavy (non-hydrogen) atoms. The summed E-state index contributed by atoms with van der Waals surface area (Å²) in [6.45, 7) is 3.26. The van der Waals surface area contributed by atoms with Gasteiger partial charge in [-0.25, -0.2) is 14.8 Å². The third-order valence-corrected chi connectivity index (χ3v) is 5.45. The lowest BCUT2D eigenvalue weighted by Gasteiger charge is -2.24. The molecule has 0 spiro atoms. The summed E-state index contributed by atoms with van der Waals surface area (Å²) in [4.78, 5) is 22.7. The Bertz CT molecular complexity index is 1020. The van der Waals surface area contributed by atoms with Crippen molar-refractivity contribution in [2.24, 2.45) is 0 Å². The second kappa shape index (κ2) is 8.45. The molecule has 2 heterocycles. The van der Waals surface area contributed by atoms with Gasteiger partial charge in [-0.15, -0.1) is 0 Å². The van der Waals surface area contributed by atoms with Crippen LogP contribution in [0.4, 0.5) is 11.5 Å². The summed E-state index contributed by atoms with van der Waals surface area (Å²) in [5.41, 5.74) is 8.44. The molecule has 0 aliphatic carbocycles. The highest BCUT2D eigenvalue weighted by Gasteiger charge is 2.19. The number of fused-ring (bicyclic) bond motifs is 1. The van der Waals surface area contributed by atoms with Crippen LogP contribution in [0.1, 0.15) is 41.2 Å². The summed E-state index contributed by atoms with van der Waals surface area (Å²) in [6, 6.07) is 13.0. The number of benzene rings is 2. The Hall–Kier alpha value is -3.19. The normalized spacial score (nSPS) is 15.4. The Morgan fingerprint density at radius 2 is 1.97 bits per heavy atom. The number of carboxylic acids is 1. The van der Waals surface area contributed by atoms with E-state index in [1.807, 2.05) is 24.3 Å². The zero-order valence-corrected chi connectivity index (χ0v) is 16.2. The molecule has 1 aliphatic heterocycles. The maximum atomic E-state index is 11.6. The van der Waals surface area contributed by atoms with E-state index in [9.17, 15) is 9.90 Å². The molecule has 1 unspecified atom stereocenters. The second-order valence-electron chi connectivity index (χ2n) is 7.43. The van der Waals surface area contributed by atoms with Crippen LogP contribution in [0.2, 0.25) is 0 Å². The molecular weight excluding hydrogens is 366 g/mol. The van der Waals surface area contributed by atoms with Crippen LogP contribution in [0.3, 0.4) is 0 Å². The van der Waals surface area contributed by atoms with Gasteiger partial charge >= 0.3 is 5.97 Å². The smallest absolute Gasteiger partial charge is 0.337 e. The van der Waals surface area contributed by atoms with Crippen molar-refractivity contribution < 1.29 is 9.90 Å². The Morgan fingerprint density at radius 3 is 2.72 bits per heavy atom. The van der Waals surface area contributed by atoms with Gasteiger partial charge in [-0.2, -0.15) is 0 Å². The van der Waals surface area contributed by atoms with Crippen LogP contribution in [-0.4, -0.2) is 45.6 Å². The fraction of sp³-hybridized carbons (Fsp3) is 0.318. The molecule has 150 valence electrons. The molecule has 0 saturated carbocycles. The van der Waals surface area contributed by atoms with Crippen LogP contribution in [0.15, 0.2) is 48.8 Å². The molecule has 2 aromatic carbocycles. The average molecular weight is 391 g/mol. The van der Waals surface area contributed by atoms with Gasteiger partial charge in [-0.3, -0.25) is 0 Å². The third-order valence-electron chi connectivity index (χ3n) is 5.45. The second-order valence-corrected chi connectivity index (χ2v) is 7.43. The predicted molar refractivity (Wildman–Crippen MR) is 114 cm³/mol. The lowest BCUT2D eigenvalue weighted by Crippen LogP contribution is -2.24. The maximum Gasteiger partial charge on any atom is 0.337 e. The van der Waals surface area contributed by atoms with Gasteiger partial charge in [0.1, 0.15) is 12.1 Å². The van der Waals surface area contributed by atoms with Crippen molar-refractivity contribution in [2.45, 2.75) is 25.3 Å². The number of likely N-dealkylation sites (tertiary alicyclic amines) is 1. The molecule has 4 N–H and O–H groups in total. The third kappa shape index (κ3) is 4.30. The number of rotatable bonds is 7. The van der Waals surface area contributed by atoms with Gasteiger partial charge in [0.25, 0.3) is 0 Å². The van der Waals surface area contributed by atoms with E-state index in [0.29, 0.717) is 16.7 Å². The average Bonchev–Trinajstić information content (AvgIpc) is 3.24. The number of anilines is 2. The first-order valence-corrected chi connectivity index (χ1v) is 9.93. The van der Waals surface area contributed by atoms with Gasteiger partial charge in [0.15, 0.2) is 0 Å². The summed E-state index contributed by atoms with van der Waals surface area (Å²) in [5.74, 6) is -0.367. The Balaban J connectivity index is 1.66. The van der Waals surface area contributed by atoms with E-state index in [1.54, 1.807) is 12.1 Å². The minimum absolute atomic E-state index is 0.00526. The summed E-state index contributed by atoms with van der Waals surface area (Å²) < 4.78 is 0. The van der Waals surface area contributed by atoms with E-state index in [4.69, 9.17) is 5.73 Å². The Morgan fingerprint density at radius 1 is 1.17 bits per heavy atom. The van der Waals surface area contributed by atoms with Crippen LogP contribution in [-0.2, 0) is 0 Å². The highest BCUT2D eigenvalue weighted by Crippen LogP contribution is 2.29. The fourth-order valence-corrected chi connectivity index (χ4v) is 3.96. The number of aromatic nitrogens is 2. The number of hydrogen-bond donors (Lipinski definition) is 3. The number of nitrogens with one attached hydrogen (secondary N) is 1. The molecule has 0 amide bonds. The van der Waals surface area contributed by atoms with Gasteiger partial charge in [-0.05, 0) is 62.2 Å². The highest BCUT2D eigenvalue weighted by atomic mass is 16.4. The van der Waals surface area contributed by atoms with Crippen molar-refractivity contribution in [3.63, 3.8) is 0 Å². The number of nitrogen functional groups attached to an aromatic ring is 1. The molecular formula is C22H25N5O2.